The van der Waals surface area contributed by atoms with E-state index in [2.05, 4.69) is 5.10 Å². The molecule has 1 aromatic heterocycles. The minimum absolute atomic E-state index is 0.233. The minimum Gasteiger partial charge on any atom is -0.465 e. The van der Waals surface area contributed by atoms with Crippen LogP contribution in [0.4, 0.5) is 9.18 Å². The molecule has 0 bridgehead atoms. The van der Waals surface area contributed by atoms with Crippen LogP contribution >= 0.6 is 0 Å². The summed E-state index contributed by atoms with van der Waals surface area (Å²) in [5, 5.41) is 13.6. The van der Waals surface area contributed by atoms with Crippen LogP contribution in [-0.2, 0) is 6.54 Å². The molecule has 6 heteroatoms. The molecule has 0 spiro atoms. The van der Waals surface area contributed by atoms with Crippen molar-refractivity contribution in [2.75, 3.05) is 6.54 Å². The fourth-order valence-corrected chi connectivity index (χ4v) is 2.53. The average molecular weight is 275 g/mol. The molecule has 1 amide bonds. The van der Waals surface area contributed by atoms with Gasteiger partial charge in [-0.2, -0.15) is 5.10 Å². The highest BCUT2D eigenvalue weighted by molar-refractivity contribution is 5.66. The summed E-state index contributed by atoms with van der Waals surface area (Å²) in [6, 6.07) is 7.75. The lowest BCUT2D eigenvalue weighted by molar-refractivity contribution is 0.113. The molecule has 104 valence electrons. The predicted molar refractivity (Wildman–Crippen MR) is 70.8 cm³/mol. The van der Waals surface area contributed by atoms with Gasteiger partial charge in [0.15, 0.2) is 0 Å². The van der Waals surface area contributed by atoms with Crippen molar-refractivity contribution in [1.82, 2.24) is 14.7 Å². The number of aromatic nitrogens is 2. The maximum absolute atomic E-state index is 12.9. The number of rotatable bonds is 1. The molecule has 1 aliphatic heterocycles. The summed E-state index contributed by atoms with van der Waals surface area (Å²) in [6.45, 7) is 2.80. The summed E-state index contributed by atoms with van der Waals surface area (Å²) in [6.07, 6.45) is -0.923. The third kappa shape index (κ3) is 2.03. The molecule has 1 atom stereocenters. The Kier molecular flexibility index (Phi) is 2.93. The van der Waals surface area contributed by atoms with Crippen molar-refractivity contribution in [2.45, 2.75) is 19.5 Å². The van der Waals surface area contributed by atoms with Crippen LogP contribution in [0.2, 0.25) is 0 Å². The highest BCUT2D eigenvalue weighted by Gasteiger charge is 2.29. The molecular weight excluding hydrogens is 261 g/mol. The summed E-state index contributed by atoms with van der Waals surface area (Å²) in [7, 11) is 0. The molecule has 2 heterocycles. The first kappa shape index (κ1) is 12.7. The smallest absolute Gasteiger partial charge is 0.407 e. The predicted octanol–water partition coefficient (Wildman–Crippen LogP) is 2.74. The number of carboxylic acid groups (broad SMARTS) is 1. The molecule has 0 saturated heterocycles. The second-order valence-electron chi connectivity index (χ2n) is 4.84. The van der Waals surface area contributed by atoms with Gasteiger partial charge in [-0.1, -0.05) is 0 Å². The maximum Gasteiger partial charge on any atom is 0.407 e. The average Bonchev–Trinajstić information content (AvgIpc) is 2.84. The van der Waals surface area contributed by atoms with Gasteiger partial charge < -0.3 is 5.11 Å². The zero-order valence-electron chi connectivity index (χ0n) is 11.0. The number of hydrogen-bond donors (Lipinski definition) is 1. The molecule has 0 saturated carbocycles. The molecule has 1 N–H and O–H groups in total. The van der Waals surface area contributed by atoms with Gasteiger partial charge in [-0.25, -0.2) is 9.18 Å². The standard InChI is InChI=1S/C14H14FN3O2/c1-9-13-8-12(10-2-4-11(15)5-3-10)16-18(13)7-6-17(9)14(19)20/h2-5,8-9H,6-7H2,1H3,(H,19,20)/t9-/m1/s1. The van der Waals surface area contributed by atoms with Crippen LogP contribution in [0, 0.1) is 5.82 Å². The number of amides is 1. The first-order chi connectivity index (χ1) is 9.56. The molecule has 0 aliphatic carbocycles. The molecule has 1 aromatic carbocycles. The second-order valence-corrected chi connectivity index (χ2v) is 4.84. The number of carbonyl (C=O) groups is 1. The number of benzene rings is 1. The molecule has 0 radical (unpaired) electrons. The zero-order valence-corrected chi connectivity index (χ0v) is 11.0. The van der Waals surface area contributed by atoms with Crippen LogP contribution in [-0.4, -0.2) is 32.4 Å². The van der Waals surface area contributed by atoms with E-state index in [-0.39, 0.29) is 11.9 Å². The number of fused-ring (bicyclic) bond motifs is 1. The third-order valence-electron chi connectivity index (χ3n) is 3.65. The van der Waals surface area contributed by atoms with E-state index in [1.54, 1.807) is 12.1 Å². The summed E-state index contributed by atoms with van der Waals surface area (Å²) in [5.74, 6) is -0.289. The van der Waals surface area contributed by atoms with Crippen LogP contribution < -0.4 is 0 Å². The molecule has 5 nitrogen and oxygen atoms in total. The van der Waals surface area contributed by atoms with Crippen molar-refractivity contribution >= 4 is 6.09 Å². The lowest BCUT2D eigenvalue weighted by Crippen LogP contribution is -2.40. The number of nitrogens with zero attached hydrogens (tertiary/aromatic N) is 3. The first-order valence-corrected chi connectivity index (χ1v) is 6.39. The maximum atomic E-state index is 12.9. The molecular formula is C14H14FN3O2. The lowest BCUT2D eigenvalue weighted by Gasteiger charge is -2.31. The molecule has 0 unspecified atom stereocenters. The largest absolute Gasteiger partial charge is 0.465 e. The van der Waals surface area contributed by atoms with Gasteiger partial charge >= 0.3 is 6.09 Å². The summed E-state index contributed by atoms with van der Waals surface area (Å²) >= 11 is 0. The van der Waals surface area contributed by atoms with Crippen LogP contribution in [0.5, 0.6) is 0 Å². The van der Waals surface area contributed by atoms with Crippen molar-refractivity contribution in [2.24, 2.45) is 0 Å². The van der Waals surface area contributed by atoms with Crippen LogP contribution in [0.25, 0.3) is 11.3 Å². The second kappa shape index (κ2) is 4.63. The molecule has 2 aromatic rings. The Balaban J connectivity index is 1.97. The van der Waals surface area contributed by atoms with Gasteiger partial charge in [0.2, 0.25) is 0 Å². The lowest BCUT2D eigenvalue weighted by atomic mass is 10.1. The van der Waals surface area contributed by atoms with Gasteiger partial charge in [0.05, 0.1) is 24.0 Å². The summed E-state index contributed by atoms with van der Waals surface area (Å²) in [5.41, 5.74) is 2.42. The Morgan fingerprint density at radius 2 is 2.05 bits per heavy atom. The van der Waals surface area contributed by atoms with Crippen molar-refractivity contribution < 1.29 is 14.3 Å². The minimum atomic E-state index is -0.923. The van der Waals surface area contributed by atoms with Gasteiger partial charge in [-0.3, -0.25) is 9.58 Å². The fraction of sp³-hybridized carbons (Fsp3) is 0.286. The quantitative estimate of drug-likeness (QED) is 0.870. The van der Waals surface area contributed by atoms with Crippen LogP contribution in [0.15, 0.2) is 30.3 Å². The molecule has 20 heavy (non-hydrogen) atoms. The SMILES string of the molecule is C[C@@H]1c2cc(-c3ccc(F)cc3)nn2CCN1C(=O)O. The Bertz CT molecular complexity index is 651. The Hall–Kier alpha value is -2.37. The fourth-order valence-electron chi connectivity index (χ4n) is 2.53. The molecule has 3 rings (SSSR count). The van der Waals surface area contributed by atoms with Crippen LogP contribution in [0.1, 0.15) is 18.7 Å². The van der Waals surface area contributed by atoms with Crippen LogP contribution in [0.3, 0.4) is 0 Å². The van der Waals surface area contributed by atoms with E-state index < -0.39 is 6.09 Å². The highest BCUT2D eigenvalue weighted by Crippen LogP contribution is 2.29. The number of hydrogen-bond acceptors (Lipinski definition) is 2. The van der Waals surface area contributed by atoms with Gasteiger partial charge in [0, 0.05) is 12.1 Å². The van der Waals surface area contributed by atoms with Crippen molar-refractivity contribution in [1.29, 1.82) is 0 Å². The van der Waals surface area contributed by atoms with Gasteiger partial charge in [0.1, 0.15) is 5.82 Å². The topological polar surface area (TPSA) is 58.4 Å². The van der Waals surface area contributed by atoms with Crippen molar-refractivity contribution in [3.63, 3.8) is 0 Å². The molecule has 1 aliphatic rings. The van der Waals surface area contributed by atoms with E-state index in [1.807, 2.05) is 17.7 Å². The van der Waals surface area contributed by atoms with E-state index in [0.717, 1.165) is 17.0 Å². The van der Waals surface area contributed by atoms with Gasteiger partial charge in [-0.15, -0.1) is 0 Å². The first-order valence-electron chi connectivity index (χ1n) is 6.39. The van der Waals surface area contributed by atoms with Gasteiger partial charge in [0.25, 0.3) is 0 Å². The van der Waals surface area contributed by atoms with Crippen molar-refractivity contribution in [3.05, 3.63) is 41.8 Å². The monoisotopic (exact) mass is 275 g/mol. The number of halogens is 1. The Labute approximate surface area is 115 Å². The normalized spacial score (nSPS) is 17.9. The van der Waals surface area contributed by atoms with E-state index in [9.17, 15) is 9.18 Å². The Morgan fingerprint density at radius 3 is 2.70 bits per heavy atom. The van der Waals surface area contributed by atoms with Gasteiger partial charge in [-0.05, 0) is 37.3 Å². The van der Waals surface area contributed by atoms with E-state index in [0.29, 0.717) is 13.1 Å². The van der Waals surface area contributed by atoms with Crippen molar-refractivity contribution in [3.8, 4) is 11.3 Å². The summed E-state index contributed by atoms with van der Waals surface area (Å²) in [4.78, 5) is 12.5. The third-order valence-corrected chi connectivity index (χ3v) is 3.65. The zero-order chi connectivity index (χ0) is 14.3. The molecule has 0 fully saturated rings. The highest BCUT2D eigenvalue weighted by atomic mass is 19.1. The van der Waals surface area contributed by atoms with E-state index in [1.165, 1.54) is 17.0 Å². The Morgan fingerprint density at radius 1 is 1.35 bits per heavy atom. The summed E-state index contributed by atoms with van der Waals surface area (Å²) < 4.78 is 14.8. The van der Waals surface area contributed by atoms with E-state index >= 15 is 0 Å². The van der Waals surface area contributed by atoms with E-state index in [4.69, 9.17) is 5.11 Å².